The molecular formula is C22H21BrFNO. The maximum atomic E-state index is 12.9. The topological polar surface area (TPSA) is 21.3 Å². The minimum Gasteiger partial charge on any atom is -0.488 e. The highest BCUT2D eigenvalue weighted by Crippen LogP contribution is 2.27. The second kappa shape index (κ2) is 8.37. The van der Waals surface area contributed by atoms with E-state index in [2.05, 4.69) is 59.4 Å². The first-order valence-electron chi connectivity index (χ1n) is 8.48. The van der Waals surface area contributed by atoms with Crippen molar-refractivity contribution in [3.05, 3.63) is 93.2 Å². The van der Waals surface area contributed by atoms with Gasteiger partial charge >= 0.3 is 0 Å². The maximum Gasteiger partial charge on any atom is 0.134 e. The van der Waals surface area contributed by atoms with Crippen LogP contribution in [0, 0.1) is 19.7 Å². The summed E-state index contributed by atoms with van der Waals surface area (Å²) in [5.74, 6) is 0.528. The number of ether oxygens (including phenoxy) is 1. The molecule has 0 aliphatic carbocycles. The summed E-state index contributed by atoms with van der Waals surface area (Å²) in [6, 6.07) is 18.7. The molecule has 0 bridgehead atoms. The van der Waals surface area contributed by atoms with Crippen LogP contribution in [0.5, 0.6) is 5.75 Å². The molecule has 0 heterocycles. The fraction of sp³-hybridized carbons (Fsp3) is 0.182. The van der Waals surface area contributed by atoms with Gasteiger partial charge in [0.1, 0.15) is 18.2 Å². The van der Waals surface area contributed by atoms with Crippen LogP contribution in [0.3, 0.4) is 0 Å². The standard InChI is InChI=1S/C22H21BrFNO/c1-15-4-3-5-21(16(15)2)25-13-18-8-11-22(20(23)12-18)26-14-17-6-9-19(24)10-7-17/h3-12,25H,13-14H2,1-2H3. The molecule has 26 heavy (non-hydrogen) atoms. The third-order valence-corrected chi connectivity index (χ3v) is 5.01. The second-order valence-corrected chi connectivity index (χ2v) is 7.14. The van der Waals surface area contributed by atoms with Crippen LogP contribution in [0.15, 0.2) is 65.1 Å². The van der Waals surface area contributed by atoms with Gasteiger partial charge in [0.05, 0.1) is 4.47 Å². The predicted octanol–water partition coefficient (Wildman–Crippen LogP) is 6.40. The van der Waals surface area contributed by atoms with Crippen molar-refractivity contribution in [2.45, 2.75) is 27.0 Å². The van der Waals surface area contributed by atoms with Gasteiger partial charge in [-0.2, -0.15) is 0 Å². The highest BCUT2D eigenvalue weighted by Gasteiger charge is 2.05. The van der Waals surface area contributed by atoms with Crippen LogP contribution < -0.4 is 10.1 Å². The summed E-state index contributed by atoms with van der Waals surface area (Å²) in [6.45, 7) is 5.38. The number of benzene rings is 3. The predicted molar refractivity (Wildman–Crippen MR) is 108 cm³/mol. The van der Waals surface area contributed by atoms with E-state index in [-0.39, 0.29) is 5.82 Å². The normalized spacial score (nSPS) is 10.6. The SMILES string of the molecule is Cc1cccc(NCc2ccc(OCc3ccc(F)cc3)c(Br)c2)c1C. The number of nitrogens with one attached hydrogen (secondary N) is 1. The molecule has 0 aromatic heterocycles. The fourth-order valence-corrected chi connectivity index (χ4v) is 3.19. The first-order valence-corrected chi connectivity index (χ1v) is 9.28. The van der Waals surface area contributed by atoms with Gasteiger partial charge in [-0.3, -0.25) is 0 Å². The van der Waals surface area contributed by atoms with Gasteiger partial charge in [0.15, 0.2) is 0 Å². The third-order valence-electron chi connectivity index (χ3n) is 4.39. The molecule has 0 spiro atoms. The summed E-state index contributed by atoms with van der Waals surface area (Å²) in [5, 5.41) is 3.48. The van der Waals surface area contributed by atoms with Gasteiger partial charge in [0.2, 0.25) is 0 Å². The Morgan fingerprint density at radius 3 is 2.42 bits per heavy atom. The van der Waals surface area contributed by atoms with E-state index < -0.39 is 0 Å². The van der Waals surface area contributed by atoms with Gasteiger partial charge in [-0.25, -0.2) is 4.39 Å². The number of aryl methyl sites for hydroxylation is 1. The summed E-state index contributed by atoms with van der Waals surface area (Å²) in [6.07, 6.45) is 0. The highest BCUT2D eigenvalue weighted by atomic mass is 79.9. The second-order valence-electron chi connectivity index (χ2n) is 6.28. The van der Waals surface area contributed by atoms with Gasteiger partial charge in [-0.05, 0) is 82.4 Å². The number of anilines is 1. The van der Waals surface area contributed by atoms with Crippen LogP contribution in [-0.2, 0) is 13.2 Å². The zero-order valence-corrected chi connectivity index (χ0v) is 16.4. The number of rotatable bonds is 6. The van der Waals surface area contributed by atoms with Gasteiger partial charge in [-0.15, -0.1) is 0 Å². The zero-order chi connectivity index (χ0) is 18.5. The van der Waals surface area contributed by atoms with Crippen molar-refractivity contribution < 1.29 is 9.13 Å². The molecule has 1 N–H and O–H groups in total. The first-order chi connectivity index (χ1) is 12.5. The van der Waals surface area contributed by atoms with Crippen molar-refractivity contribution in [1.82, 2.24) is 0 Å². The van der Waals surface area contributed by atoms with Crippen molar-refractivity contribution in [1.29, 1.82) is 0 Å². The van der Waals surface area contributed by atoms with Gasteiger partial charge in [0.25, 0.3) is 0 Å². The van der Waals surface area contributed by atoms with Crippen molar-refractivity contribution in [2.75, 3.05) is 5.32 Å². The third kappa shape index (κ3) is 4.64. The Hall–Kier alpha value is -2.33. The minimum absolute atomic E-state index is 0.240. The average molecular weight is 414 g/mol. The van der Waals surface area contributed by atoms with Crippen LogP contribution in [0.1, 0.15) is 22.3 Å². The fourth-order valence-electron chi connectivity index (χ4n) is 2.65. The summed E-state index contributed by atoms with van der Waals surface area (Å²) in [7, 11) is 0. The molecule has 0 aliphatic heterocycles. The molecule has 0 saturated heterocycles. The first kappa shape index (κ1) is 18.5. The molecule has 0 fully saturated rings. The van der Waals surface area contributed by atoms with E-state index in [9.17, 15) is 4.39 Å². The van der Waals surface area contributed by atoms with E-state index >= 15 is 0 Å². The summed E-state index contributed by atoms with van der Waals surface area (Å²) < 4.78 is 19.7. The van der Waals surface area contributed by atoms with Gasteiger partial charge in [-0.1, -0.05) is 30.3 Å². The van der Waals surface area contributed by atoms with E-state index in [4.69, 9.17) is 4.74 Å². The van der Waals surface area contributed by atoms with Gasteiger partial charge < -0.3 is 10.1 Å². The molecule has 3 aromatic carbocycles. The molecule has 2 nitrogen and oxygen atoms in total. The van der Waals surface area contributed by atoms with Crippen molar-refractivity contribution in [3.8, 4) is 5.75 Å². The molecule has 0 saturated carbocycles. The lowest BCUT2D eigenvalue weighted by Gasteiger charge is -2.13. The zero-order valence-electron chi connectivity index (χ0n) is 14.9. The highest BCUT2D eigenvalue weighted by molar-refractivity contribution is 9.10. The lowest BCUT2D eigenvalue weighted by atomic mass is 10.1. The minimum atomic E-state index is -0.240. The summed E-state index contributed by atoms with van der Waals surface area (Å²) >= 11 is 3.57. The molecule has 0 radical (unpaired) electrons. The molecule has 0 unspecified atom stereocenters. The average Bonchev–Trinajstić information content (AvgIpc) is 2.63. The Morgan fingerprint density at radius 2 is 1.69 bits per heavy atom. The largest absolute Gasteiger partial charge is 0.488 e. The van der Waals surface area contributed by atoms with Crippen LogP contribution >= 0.6 is 15.9 Å². The Balaban J connectivity index is 1.61. The van der Waals surface area contributed by atoms with E-state index in [1.807, 2.05) is 12.1 Å². The molecule has 0 amide bonds. The van der Waals surface area contributed by atoms with E-state index in [1.165, 1.54) is 23.3 Å². The summed E-state index contributed by atoms with van der Waals surface area (Å²) in [4.78, 5) is 0. The number of hydrogen-bond acceptors (Lipinski definition) is 2. The lowest BCUT2D eigenvalue weighted by Crippen LogP contribution is -2.02. The van der Waals surface area contributed by atoms with E-state index in [1.54, 1.807) is 12.1 Å². The number of hydrogen-bond donors (Lipinski definition) is 1. The van der Waals surface area contributed by atoms with Crippen LogP contribution in [-0.4, -0.2) is 0 Å². The van der Waals surface area contributed by atoms with Crippen LogP contribution in [0.4, 0.5) is 10.1 Å². The molecule has 3 aromatic rings. The van der Waals surface area contributed by atoms with Crippen molar-refractivity contribution in [2.24, 2.45) is 0 Å². The Bertz CT molecular complexity index is 893. The van der Waals surface area contributed by atoms with Gasteiger partial charge in [0, 0.05) is 12.2 Å². The Kier molecular flexibility index (Phi) is 5.94. The van der Waals surface area contributed by atoms with E-state index in [0.29, 0.717) is 6.61 Å². The van der Waals surface area contributed by atoms with Crippen LogP contribution in [0.2, 0.25) is 0 Å². The molecule has 134 valence electrons. The monoisotopic (exact) mass is 413 g/mol. The van der Waals surface area contributed by atoms with Crippen molar-refractivity contribution in [3.63, 3.8) is 0 Å². The molecule has 4 heteroatoms. The van der Waals surface area contributed by atoms with E-state index in [0.717, 1.165) is 33.6 Å². The van der Waals surface area contributed by atoms with Crippen LogP contribution in [0.25, 0.3) is 0 Å². The smallest absolute Gasteiger partial charge is 0.134 e. The lowest BCUT2D eigenvalue weighted by molar-refractivity contribution is 0.304. The Labute approximate surface area is 162 Å². The van der Waals surface area contributed by atoms with Crippen molar-refractivity contribution >= 4 is 21.6 Å². The molecule has 0 aliphatic rings. The molecule has 3 rings (SSSR count). The maximum absolute atomic E-state index is 12.9. The number of halogens is 2. The molecular weight excluding hydrogens is 393 g/mol. The Morgan fingerprint density at radius 1 is 0.962 bits per heavy atom. The molecule has 0 atom stereocenters. The quantitative estimate of drug-likeness (QED) is 0.504. The summed E-state index contributed by atoms with van der Waals surface area (Å²) in [5.41, 5.74) is 5.79.